The van der Waals surface area contributed by atoms with Crippen LogP contribution in [-0.2, 0) is 12.8 Å². The molecule has 1 heterocycles. The predicted molar refractivity (Wildman–Crippen MR) is 84.9 cm³/mol. The van der Waals surface area contributed by atoms with Gasteiger partial charge in [0.15, 0.2) is 0 Å². The first kappa shape index (κ1) is 15.7. The summed E-state index contributed by atoms with van der Waals surface area (Å²) in [6, 6.07) is 8.53. The molecule has 0 radical (unpaired) electrons. The van der Waals surface area contributed by atoms with E-state index in [0.29, 0.717) is 17.3 Å². The van der Waals surface area contributed by atoms with Gasteiger partial charge in [-0.2, -0.15) is 0 Å². The number of halogens is 2. The first-order chi connectivity index (χ1) is 10.1. The summed E-state index contributed by atoms with van der Waals surface area (Å²) >= 11 is 6.10. The van der Waals surface area contributed by atoms with E-state index in [4.69, 9.17) is 17.3 Å². The second-order valence-corrected chi connectivity index (χ2v) is 5.35. The minimum Gasteiger partial charge on any atom is -0.383 e. The normalized spacial score (nSPS) is 12.3. The van der Waals surface area contributed by atoms with E-state index >= 15 is 0 Å². The molecule has 1 aromatic carbocycles. The first-order valence-corrected chi connectivity index (χ1v) is 7.34. The summed E-state index contributed by atoms with van der Waals surface area (Å²) in [5.41, 5.74) is 7.82. The molecule has 0 aliphatic heterocycles. The van der Waals surface area contributed by atoms with Crippen LogP contribution in [0.1, 0.15) is 18.1 Å². The quantitative estimate of drug-likeness (QED) is 0.861. The Bertz CT molecular complexity index is 604. The highest BCUT2D eigenvalue weighted by atomic mass is 35.5. The Labute approximate surface area is 129 Å². The summed E-state index contributed by atoms with van der Waals surface area (Å²) in [4.78, 5) is 4.10. The number of anilines is 1. The van der Waals surface area contributed by atoms with E-state index in [2.05, 4.69) is 10.3 Å². The monoisotopic (exact) mass is 307 g/mol. The van der Waals surface area contributed by atoms with Crippen LogP contribution in [0.2, 0.25) is 5.02 Å². The summed E-state index contributed by atoms with van der Waals surface area (Å²) < 4.78 is 13.1. The van der Waals surface area contributed by atoms with Gasteiger partial charge in [0, 0.05) is 17.3 Å². The van der Waals surface area contributed by atoms with E-state index in [-0.39, 0.29) is 11.9 Å². The fourth-order valence-electron chi connectivity index (χ4n) is 2.35. The zero-order valence-electron chi connectivity index (χ0n) is 11.9. The van der Waals surface area contributed by atoms with E-state index in [1.54, 1.807) is 12.3 Å². The highest BCUT2D eigenvalue weighted by Crippen LogP contribution is 2.20. The van der Waals surface area contributed by atoms with Crippen LogP contribution in [0.25, 0.3) is 0 Å². The summed E-state index contributed by atoms with van der Waals surface area (Å²) in [6.07, 6.45) is 3.14. The molecule has 0 amide bonds. The zero-order chi connectivity index (χ0) is 15.2. The molecule has 1 unspecified atom stereocenters. The van der Waals surface area contributed by atoms with Crippen molar-refractivity contribution >= 4 is 17.4 Å². The second kappa shape index (κ2) is 7.38. The van der Waals surface area contributed by atoms with Crippen LogP contribution >= 0.6 is 11.6 Å². The van der Waals surface area contributed by atoms with Crippen LogP contribution in [0, 0.1) is 5.82 Å². The van der Waals surface area contributed by atoms with Crippen molar-refractivity contribution in [3.63, 3.8) is 0 Å². The molecule has 112 valence electrons. The van der Waals surface area contributed by atoms with E-state index in [9.17, 15) is 4.39 Å². The summed E-state index contributed by atoms with van der Waals surface area (Å²) in [5.74, 6) is 0.228. The number of rotatable bonds is 6. The number of hydrogen-bond acceptors (Lipinski definition) is 3. The minimum atomic E-state index is -0.319. The molecule has 0 fully saturated rings. The van der Waals surface area contributed by atoms with E-state index in [0.717, 1.165) is 24.1 Å². The van der Waals surface area contributed by atoms with Gasteiger partial charge in [0.25, 0.3) is 0 Å². The molecular weight excluding hydrogens is 289 g/mol. The van der Waals surface area contributed by atoms with Crippen molar-refractivity contribution in [1.82, 2.24) is 10.3 Å². The van der Waals surface area contributed by atoms with Crippen LogP contribution in [0.3, 0.4) is 0 Å². The molecule has 3 N–H and O–H groups in total. The minimum absolute atomic E-state index is 0.171. The molecule has 2 rings (SSSR count). The summed E-state index contributed by atoms with van der Waals surface area (Å²) in [5, 5.41) is 3.87. The van der Waals surface area contributed by atoms with E-state index in [1.165, 1.54) is 12.1 Å². The van der Waals surface area contributed by atoms with Gasteiger partial charge in [0.2, 0.25) is 0 Å². The Morgan fingerprint density at radius 2 is 2.05 bits per heavy atom. The Morgan fingerprint density at radius 3 is 2.71 bits per heavy atom. The molecule has 0 spiro atoms. The average Bonchev–Trinajstić information content (AvgIpc) is 2.44. The lowest BCUT2D eigenvalue weighted by atomic mass is 9.99. The van der Waals surface area contributed by atoms with Crippen LogP contribution in [0.5, 0.6) is 0 Å². The largest absolute Gasteiger partial charge is 0.383 e. The van der Waals surface area contributed by atoms with Crippen LogP contribution < -0.4 is 11.1 Å². The molecule has 0 aliphatic carbocycles. The van der Waals surface area contributed by atoms with Crippen LogP contribution in [-0.4, -0.2) is 17.6 Å². The van der Waals surface area contributed by atoms with Gasteiger partial charge in [-0.1, -0.05) is 30.7 Å². The molecule has 1 atom stereocenters. The lowest BCUT2D eigenvalue weighted by Crippen LogP contribution is -2.33. The lowest BCUT2D eigenvalue weighted by molar-refractivity contribution is 0.521. The second-order valence-electron chi connectivity index (χ2n) is 4.95. The highest BCUT2D eigenvalue weighted by Gasteiger charge is 2.13. The third kappa shape index (κ3) is 4.41. The molecule has 0 aliphatic rings. The Balaban J connectivity index is 2.14. The van der Waals surface area contributed by atoms with Gasteiger partial charge in [-0.25, -0.2) is 9.37 Å². The molecule has 5 heteroatoms. The van der Waals surface area contributed by atoms with Gasteiger partial charge in [-0.05, 0) is 48.7 Å². The van der Waals surface area contributed by atoms with Crippen molar-refractivity contribution in [2.45, 2.75) is 25.8 Å². The number of nitrogens with two attached hydrogens (primary N) is 1. The maximum atomic E-state index is 13.1. The maximum Gasteiger partial charge on any atom is 0.126 e. The number of nitrogen functional groups attached to an aromatic ring is 1. The molecule has 0 saturated heterocycles. The smallest absolute Gasteiger partial charge is 0.126 e. The Kier molecular flexibility index (Phi) is 5.53. The molecule has 0 saturated carbocycles. The number of benzene rings is 1. The summed E-state index contributed by atoms with van der Waals surface area (Å²) in [6.45, 7) is 2.88. The third-order valence-electron chi connectivity index (χ3n) is 3.37. The molecule has 21 heavy (non-hydrogen) atoms. The van der Waals surface area contributed by atoms with Gasteiger partial charge in [-0.3, -0.25) is 0 Å². The fraction of sp³-hybridized carbons (Fsp3) is 0.312. The van der Waals surface area contributed by atoms with Crippen LogP contribution in [0.15, 0.2) is 36.5 Å². The standard InChI is InChI=1S/C16H19ClFN3/c1-2-20-14(9-12-4-3-7-21-16(12)19)8-11-5-6-13(18)10-15(11)17/h3-7,10,14,20H,2,8-9H2,1H3,(H2,19,21). The van der Waals surface area contributed by atoms with Crippen LogP contribution in [0.4, 0.5) is 10.2 Å². The van der Waals surface area contributed by atoms with E-state index in [1.807, 2.05) is 19.1 Å². The lowest BCUT2D eigenvalue weighted by Gasteiger charge is -2.19. The number of likely N-dealkylation sites (N-methyl/N-ethyl adjacent to an activating group) is 1. The molecule has 1 aromatic heterocycles. The number of nitrogens with one attached hydrogen (secondary N) is 1. The van der Waals surface area contributed by atoms with Crippen molar-refractivity contribution in [3.05, 3.63) is 58.5 Å². The van der Waals surface area contributed by atoms with Crippen molar-refractivity contribution in [2.24, 2.45) is 0 Å². The van der Waals surface area contributed by atoms with Gasteiger partial charge in [0.1, 0.15) is 11.6 Å². The fourth-order valence-corrected chi connectivity index (χ4v) is 2.59. The molecule has 2 aromatic rings. The zero-order valence-corrected chi connectivity index (χ0v) is 12.7. The number of hydrogen-bond donors (Lipinski definition) is 2. The molecule has 0 bridgehead atoms. The molecule has 3 nitrogen and oxygen atoms in total. The maximum absolute atomic E-state index is 13.1. The summed E-state index contributed by atoms with van der Waals surface area (Å²) in [7, 11) is 0. The predicted octanol–water partition coefficient (Wildman–Crippen LogP) is 3.22. The SMILES string of the molecule is CCNC(Cc1ccc(F)cc1Cl)Cc1cccnc1N. The molecular formula is C16H19ClFN3. The van der Waals surface area contributed by atoms with Crippen molar-refractivity contribution < 1.29 is 4.39 Å². The van der Waals surface area contributed by atoms with Gasteiger partial charge in [0.05, 0.1) is 0 Å². The van der Waals surface area contributed by atoms with E-state index < -0.39 is 0 Å². The number of nitrogens with zero attached hydrogens (tertiary/aromatic N) is 1. The van der Waals surface area contributed by atoms with Gasteiger partial charge < -0.3 is 11.1 Å². The first-order valence-electron chi connectivity index (χ1n) is 6.96. The third-order valence-corrected chi connectivity index (χ3v) is 3.72. The van der Waals surface area contributed by atoms with Gasteiger partial charge >= 0.3 is 0 Å². The highest BCUT2D eigenvalue weighted by molar-refractivity contribution is 6.31. The van der Waals surface area contributed by atoms with Crippen molar-refractivity contribution in [2.75, 3.05) is 12.3 Å². The van der Waals surface area contributed by atoms with Gasteiger partial charge in [-0.15, -0.1) is 0 Å². The topological polar surface area (TPSA) is 50.9 Å². The number of pyridine rings is 1. The Hall–Kier alpha value is -1.65. The van der Waals surface area contributed by atoms with Crippen molar-refractivity contribution in [1.29, 1.82) is 0 Å². The number of aromatic nitrogens is 1. The Morgan fingerprint density at radius 1 is 1.29 bits per heavy atom. The average molecular weight is 308 g/mol. The van der Waals surface area contributed by atoms with Crippen molar-refractivity contribution in [3.8, 4) is 0 Å².